The van der Waals surface area contributed by atoms with Gasteiger partial charge in [0.2, 0.25) is 0 Å². The van der Waals surface area contributed by atoms with Crippen LogP contribution in [0, 0.1) is 5.92 Å². The quantitative estimate of drug-likeness (QED) is 0.439. The van der Waals surface area contributed by atoms with Crippen LogP contribution in [0.3, 0.4) is 0 Å². The van der Waals surface area contributed by atoms with Crippen molar-refractivity contribution < 1.29 is 14.3 Å². The summed E-state index contributed by atoms with van der Waals surface area (Å²) in [6.07, 6.45) is 2.99. The van der Waals surface area contributed by atoms with Crippen molar-refractivity contribution >= 4 is 23.1 Å². The summed E-state index contributed by atoms with van der Waals surface area (Å²) in [7, 11) is 1.34. The van der Waals surface area contributed by atoms with Gasteiger partial charge in [-0.05, 0) is 13.3 Å². The van der Waals surface area contributed by atoms with Crippen LogP contribution in [0.4, 0.5) is 0 Å². The van der Waals surface area contributed by atoms with Crippen LogP contribution in [0.1, 0.15) is 23.9 Å². The predicted octanol–water partition coefficient (Wildman–Crippen LogP) is 1.65. The average Bonchev–Trinajstić information content (AvgIpc) is 2.79. The molecule has 94 valence electrons. The van der Waals surface area contributed by atoms with Gasteiger partial charge in [-0.1, -0.05) is 11.6 Å². The third kappa shape index (κ3) is 1.28. The smallest absolute Gasteiger partial charge is 0.325 e. The molecule has 2 atom stereocenters. The number of nitrogens with zero attached hydrogens (tertiary/aromatic N) is 1. The first-order valence-corrected chi connectivity index (χ1v) is 6.70. The first-order valence-electron chi connectivity index (χ1n) is 5.82. The van der Waals surface area contributed by atoms with E-state index in [1.807, 2.05) is 13.0 Å². The maximum absolute atomic E-state index is 12.6. The third-order valence-corrected chi connectivity index (χ3v) is 4.79. The Morgan fingerprint density at radius 3 is 3.11 bits per heavy atom. The van der Waals surface area contributed by atoms with Crippen molar-refractivity contribution in [3.8, 4) is 0 Å². The second kappa shape index (κ2) is 3.75. The topological polar surface area (TPSA) is 56.3 Å². The van der Waals surface area contributed by atoms with Gasteiger partial charge in [0, 0.05) is 12.3 Å². The number of ether oxygens (including phenoxy) is 1. The lowest BCUT2D eigenvalue weighted by Gasteiger charge is -2.39. The van der Waals surface area contributed by atoms with Crippen LogP contribution in [0.15, 0.2) is 17.2 Å². The molecule has 4 nitrogen and oxygen atoms in total. The van der Waals surface area contributed by atoms with Gasteiger partial charge in [0.25, 0.3) is 0 Å². The van der Waals surface area contributed by atoms with Crippen molar-refractivity contribution in [2.75, 3.05) is 7.11 Å². The Morgan fingerprint density at radius 2 is 2.39 bits per heavy atom. The summed E-state index contributed by atoms with van der Waals surface area (Å²) in [6.45, 7) is 1.96. The number of esters is 1. The van der Waals surface area contributed by atoms with E-state index in [-0.39, 0.29) is 11.7 Å². The molecule has 0 saturated heterocycles. The molecule has 3 rings (SSSR count). The monoisotopic (exact) mass is 263 g/mol. The number of allylic oxidation sites excluding steroid dienone is 2. The normalized spacial score (nSPS) is 29.6. The summed E-state index contributed by atoms with van der Waals surface area (Å²) in [5.41, 5.74) is 2.52. The lowest BCUT2D eigenvalue weighted by atomic mass is 9.63. The summed E-state index contributed by atoms with van der Waals surface area (Å²) in [5.74, 6) is -0.709. The van der Waals surface area contributed by atoms with E-state index < -0.39 is 11.4 Å². The highest BCUT2D eigenvalue weighted by Crippen LogP contribution is 2.47. The highest BCUT2D eigenvalue weighted by Gasteiger charge is 2.57. The molecular formula is C13H13NO3S. The van der Waals surface area contributed by atoms with Gasteiger partial charge in [-0.3, -0.25) is 9.59 Å². The molecule has 2 aliphatic carbocycles. The number of Topliss-reactive ketones (excluding diaryl/α,β-unsaturated/α-hetero) is 1. The molecule has 5 heteroatoms. The van der Waals surface area contributed by atoms with Crippen molar-refractivity contribution in [1.29, 1.82) is 0 Å². The summed E-state index contributed by atoms with van der Waals surface area (Å²) in [5, 5.41) is 0. The number of aromatic nitrogens is 1. The highest BCUT2D eigenvalue weighted by molar-refractivity contribution is 7.10. The minimum absolute atomic E-state index is 0.0308. The van der Waals surface area contributed by atoms with E-state index in [0.717, 1.165) is 16.1 Å². The van der Waals surface area contributed by atoms with Gasteiger partial charge < -0.3 is 4.74 Å². The van der Waals surface area contributed by atoms with E-state index in [9.17, 15) is 9.59 Å². The van der Waals surface area contributed by atoms with Crippen molar-refractivity contribution in [1.82, 2.24) is 4.98 Å². The van der Waals surface area contributed by atoms with Gasteiger partial charge in [-0.25, -0.2) is 4.98 Å². The van der Waals surface area contributed by atoms with E-state index >= 15 is 0 Å². The lowest BCUT2D eigenvalue weighted by Crippen LogP contribution is -2.52. The molecule has 0 fully saturated rings. The maximum Gasteiger partial charge on any atom is 0.325 e. The molecule has 0 spiro atoms. The van der Waals surface area contributed by atoms with E-state index in [0.29, 0.717) is 12.8 Å². The van der Waals surface area contributed by atoms with Crippen LogP contribution in [0.2, 0.25) is 0 Å². The molecule has 0 N–H and O–H groups in total. The van der Waals surface area contributed by atoms with E-state index in [1.165, 1.54) is 18.4 Å². The van der Waals surface area contributed by atoms with Crippen LogP contribution in [0.25, 0.3) is 0 Å². The second-order valence-electron chi connectivity index (χ2n) is 4.89. The third-order valence-electron chi connectivity index (χ3n) is 3.76. The molecule has 0 aromatic carbocycles. The minimum atomic E-state index is -1.13. The number of rotatable bonds is 1. The largest absolute Gasteiger partial charge is 0.468 e. The zero-order valence-corrected chi connectivity index (χ0v) is 11.0. The number of fused-ring (bicyclic) bond motifs is 4. The van der Waals surface area contributed by atoms with Crippen LogP contribution in [-0.4, -0.2) is 23.8 Å². The number of thiazole rings is 1. The first-order chi connectivity index (χ1) is 8.59. The van der Waals surface area contributed by atoms with Crippen molar-refractivity contribution in [3.05, 3.63) is 27.7 Å². The number of ketones is 1. The lowest BCUT2D eigenvalue weighted by molar-refractivity contribution is -0.153. The molecular weight excluding hydrogens is 250 g/mol. The van der Waals surface area contributed by atoms with Crippen molar-refractivity contribution in [3.63, 3.8) is 0 Å². The molecule has 2 bridgehead atoms. The molecule has 2 aliphatic rings. The molecule has 18 heavy (non-hydrogen) atoms. The van der Waals surface area contributed by atoms with Crippen LogP contribution >= 0.6 is 11.3 Å². The zero-order chi connectivity index (χ0) is 12.9. The van der Waals surface area contributed by atoms with Gasteiger partial charge in [-0.15, -0.1) is 11.3 Å². The summed E-state index contributed by atoms with van der Waals surface area (Å²) < 4.78 is 4.90. The van der Waals surface area contributed by atoms with Gasteiger partial charge >= 0.3 is 5.97 Å². The van der Waals surface area contributed by atoms with Gasteiger partial charge in [-0.2, -0.15) is 0 Å². The number of methoxy groups -OCH3 is 1. The number of carbonyl (C=O) groups is 2. The Hall–Kier alpha value is -1.49. The van der Waals surface area contributed by atoms with Crippen LogP contribution in [0.5, 0.6) is 0 Å². The van der Waals surface area contributed by atoms with Gasteiger partial charge in [0.05, 0.1) is 23.2 Å². The zero-order valence-electron chi connectivity index (χ0n) is 10.2. The summed E-state index contributed by atoms with van der Waals surface area (Å²) in [6, 6.07) is 0. The Bertz CT molecular complexity index is 575. The number of hydrogen-bond acceptors (Lipinski definition) is 5. The molecule has 1 aromatic rings. The maximum atomic E-state index is 12.6. The fraction of sp³-hybridized carbons (Fsp3) is 0.462. The molecule has 1 heterocycles. The molecule has 1 aromatic heterocycles. The predicted molar refractivity (Wildman–Crippen MR) is 66.4 cm³/mol. The van der Waals surface area contributed by atoms with Crippen LogP contribution in [-0.2, 0) is 26.2 Å². The van der Waals surface area contributed by atoms with E-state index in [1.54, 1.807) is 5.51 Å². The molecule has 0 aliphatic heterocycles. The fourth-order valence-corrected chi connectivity index (χ4v) is 4.07. The minimum Gasteiger partial charge on any atom is -0.468 e. The first kappa shape index (κ1) is 11.6. The molecule has 0 unspecified atom stereocenters. The van der Waals surface area contributed by atoms with Crippen molar-refractivity contribution in [2.45, 2.75) is 25.2 Å². The molecule has 0 radical (unpaired) electrons. The Balaban J connectivity index is 2.27. The van der Waals surface area contributed by atoms with E-state index in [4.69, 9.17) is 4.74 Å². The van der Waals surface area contributed by atoms with E-state index in [2.05, 4.69) is 4.98 Å². The summed E-state index contributed by atoms with van der Waals surface area (Å²) >= 11 is 1.38. The highest BCUT2D eigenvalue weighted by atomic mass is 32.1. The number of hydrogen-bond donors (Lipinski definition) is 0. The SMILES string of the molecule is COC(=O)[C@@]12CC(C)=C[C@@H](Cc3ncsc31)C2=O. The van der Waals surface area contributed by atoms with Gasteiger partial charge in [0.1, 0.15) is 0 Å². The molecule has 0 saturated carbocycles. The Morgan fingerprint density at radius 1 is 1.61 bits per heavy atom. The average molecular weight is 263 g/mol. The van der Waals surface area contributed by atoms with Crippen molar-refractivity contribution in [2.24, 2.45) is 5.92 Å². The number of carbonyl (C=O) groups excluding carboxylic acids is 2. The Labute approximate surface area is 109 Å². The summed E-state index contributed by atoms with van der Waals surface area (Å²) in [4.78, 5) is 29.9. The Kier molecular flexibility index (Phi) is 2.41. The molecule has 0 amide bonds. The van der Waals surface area contributed by atoms with Crippen LogP contribution < -0.4 is 0 Å². The fourth-order valence-electron chi connectivity index (χ4n) is 3.05. The standard InChI is InChI=1S/C13H13NO3S/c1-7-3-8-4-9-11(18-6-14-9)13(5-7,10(8)15)12(16)17-2/h3,6,8H,4-5H2,1-2H3/t8-,13+/m0/s1. The second-order valence-corrected chi connectivity index (χ2v) is 5.74. The van der Waals surface area contributed by atoms with Gasteiger partial charge in [0.15, 0.2) is 11.2 Å².